The van der Waals surface area contributed by atoms with Gasteiger partial charge in [0.15, 0.2) is 6.23 Å². The van der Waals surface area contributed by atoms with Crippen LogP contribution in [0, 0.1) is 6.92 Å². The van der Waals surface area contributed by atoms with Crippen molar-refractivity contribution in [3.8, 4) is 11.6 Å². The van der Waals surface area contributed by atoms with E-state index in [-0.39, 0.29) is 12.2 Å². The standard InChI is InChI=1S/C31H34N4O4/c1-5-37-31(36)27-18-33-35-21(3)9-7-11-28(34-22(4)39-30(27)35)26-10-6-8-20(2)29(26)38-19-23-12-13-25-17-32-15-14-24(25)16-23/h6-13,16,18,22,32H,5,14-15,17,19H2,1-4H3/b11-7-,21-9?,34-28?. The molecule has 1 aromatic heterocycles. The quantitative estimate of drug-likeness (QED) is 0.442. The number of hydrogen-bond acceptors (Lipinski definition) is 7. The molecule has 1 atom stereocenters. The second-order valence-electron chi connectivity index (χ2n) is 9.66. The van der Waals surface area contributed by atoms with Crippen molar-refractivity contribution in [3.05, 3.63) is 94.2 Å². The molecule has 1 unspecified atom stereocenters. The van der Waals surface area contributed by atoms with Gasteiger partial charge in [-0.25, -0.2) is 14.5 Å². The highest BCUT2D eigenvalue weighted by atomic mass is 16.5. The summed E-state index contributed by atoms with van der Waals surface area (Å²) in [5.74, 6) is 0.599. The monoisotopic (exact) mass is 526 g/mol. The number of esters is 1. The highest BCUT2D eigenvalue weighted by molar-refractivity contribution is 6.11. The Labute approximate surface area is 229 Å². The van der Waals surface area contributed by atoms with Gasteiger partial charge in [0.05, 0.1) is 18.5 Å². The third-order valence-electron chi connectivity index (χ3n) is 6.78. The Balaban J connectivity index is 1.45. The van der Waals surface area contributed by atoms with Gasteiger partial charge in [-0.15, -0.1) is 0 Å². The van der Waals surface area contributed by atoms with Gasteiger partial charge in [-0.3, -0.25) is 0 Å². The summed E-state index contributed by atoms with van der Waals surface area (Å²) in [7, 11) is 0. The number of aryl methyl sites for hydroxylation is 1. The summed E-state index contributed by atoms with van der Waals surface area (Å²) in [5.41, 5.74) is 7.53. The van der Waals surface area contributed by atoms with Crippen LogP contribution < -0.4 is 14.8 Å². The molecule has 0 aliphatic carbocycles. The topological polar surface area (TPSA) is 87.0 Å². The number of carbonyl (C=O) groups excluding carboxylic acids is 1. The van der Waals surface area contributed by atoms with Crippen molar-refractivity contribution < 1.29 is 19.0 Å². The second-order valence-corrected chi connectivity index (χ2v) is 9.66. The SMILES string of the molecule is CCOC(=O)c1cnn2c1OC(C)N=C(c1cccc(C)c1OCc1ccc3c(c1)CCNC3)/C=C\C=C2C. The smallest absolute Gasteiger partial charge is 0.345 e. The zero-order valence-electron chi connectivity index (χ0n) is 22.9. The predicted molar refractivity (Wildman–Crippen MR) is 151 cm³/mol. The number of aliphatic imine (C=N–C) groups is 1. The number of benzene rings is 2. The third-order valence-corrected chi connectivity index (χ3v) is 6.78. The Hall–Kier alpha value is -4.17. The highest BCUT2D eigenvalue weighted by Crippen LogP contribution is 2.29. The average Bonchev–Trinajstić information content (AvgIpc) is 3.35. The molecule has 0 fully saturated rings. The lowest BCUT2D eigenvalue weighted by Gasteiger charge is -2.20. The first-order valence-electron chi connectivity index (χ1n) is 13.3. The Morgan fingerprint density at radius 1 is 1.21 bits per heavy atom. The predicted octanol–water partition coefficient (Wildman–Crippen LogP) is 5.24. The van der Waals surface area contributed by atoms with Crippen LogP contribution in [0.15, 0.2) is 65.8 Å². The molecule has 3 heterocycles. The molecular weight excluding hydrogens is 492 g/mol. The van der Waals surface area contributed by atoms with Gasteiger partial charge in [0.2, 0.25) is 5.88 Å². The molecule has 2 aromatic carbocycles. The maximum absolute atomic E-state index is 12.5. The number of hydrogen-bond donors (Lipinski definition) is 1. The molecule has 202 valence electrons. The Kier molecular flexibility index (Phi) is 7.93. The van der Waals surface area contributed by atoms with Gasteiger partial charge in [0, 0.05) is 17.8 Å². The summed E-state index contributed by atoms with van der Waals surface area (Å²) in [5, 5.41) is 7.77. The fourth-order valence-electron chi connectivity index (χ4n) is 4.81. The van der Waals surface area contributed by atoms with Gasteiger partial charge in [-0.05, 0) is 81.1 Å². The van der Waals surface area contributed by atoms with E-state index in [4.69, 9.17) is 19.2 Å². The van der Waals surface area contributed by atoms with Crippen molar-refractivity contribution in [1.82, 2.24) is 15.1 Å². The minimum atomic E-state index is -0.609. The molecule has 2 aliphatic heterocycles. The van der Waals surface area contributed by atoms with E-state index in [0.29, 0.717) is 18.2 Å². The largest absolute Gasteiger partial charge is 0.488 e. The van der Waals surface area contributed by atoms with E-state index in [1.165, 1.54) is 17.3 Å². The number of ether oxygens (including phenoxy) is 3. The van der Waals surface area contributed by atoms with Crippen LogP contribution in [-0.4, -0.2) is 40.8 Å². The van der Waals surface area contributed by atoms with Gasteiger partial charge in [-0.1, -0.05) is 36.4 Å². The molecule has 0 bridgehead atoms. The van der Waals surface area contributed by atoms with Crippen molar-refractivity contribution in [3.63, 3.8) is 0 Å². The van der Waals surface area contributed by atoms with Gasteiger partial charge < -0.3 is 19.5 Å². The first-order valence-corrected chi connectivity index (χ1v) is 13.3. The molecule has 1 N–H and O–H groups in total. The molecule has 39 heavy (non-hydrogen) atoms. The number of carbonyl (C=O) groups is 1. The zero-order chi connectivity index (χ0) is 27.4. The summed E-state index contributed by atoms with van der Waals surface area (Å²) in [4.78, 5) is 17.4. The molecule has 2 aliphatic rings. The normalized spacial score (nSPS) is 17.6. The van der Waals surface area contributed by atoms with Crippen molar-refractivity contribution >= 4 is 17.4 Å². The van der Waals surface area contributed by atoms with Crippen molar-refractivity contribution in [1.29, 1.82) is 0 Å². The van der Waals surface area contributed by atoms with E-state index in [2.05, 4.69) is 28.6 Å². The summed E-state index contributed by atoms with van der Waals surface area (Å²) in [6.45, 7) is 10.2. The van der Waals surface area contributed by atoms with Gasteiger partial charge in [0.1, 0.15) is 17.9 Å². The summed E-state index contributed by atoms with van der Waals surface area (Å²) in [6, 6.07) is 12.6. The zero-order valence-corrected chi connectivity index (χ0v) is 22.9. The van der Waals surface area contributed by atoms with Crippen LogP contribution in [0.2, 0.25) is 0 Å². The van der Waals surface area contributed by atoms with Gasteiger partial charge in [0.25, 0.3) is 0 Å². The highest BCUT2D eigenvalue weighted by Gasteiger charge is 2.24. The number of allylic oxidation sites excluding steroid dienone is 4. The lowest BCUT2D eigenvalue weighted by Crippen LogP contribution is -2.23. The molecular formula is C31H34N4O4. The number of rotatable bonds is 6. The lowest BCUT2D eigenvalue weighted by atomic mass is 9.98. The van der Waals surface area contributed by atoms with Crippen molar-refractivity contribution in [2.45, 2.75) is 53.5 Å². The van der Waals surface area contributed by atoms with Crippen molar-refractivity contribution in [2.24, 2.45) is 4.99 Å². The van der Waals surface area contributed by atoms with E-state index in [9.17, 15) is 4.79 Å². The molecule has 8 heteroatoms. The number of nitrogens with zero attached hydrogens (tertiary/aromatic N) is 3. The maximum Gasteiger partial charge on any atom is 0.345 e. The lowest BCUT2D eigenvalue weighted by molar-refractivity contribution is 0.0519. The molecule has 3 aromatic rings. The fourth-order valence-corrected chi connectivity index (χ4v) is 4.81. The van der Waals surface area contributed by atoms with Crippen LogP contribution in [0.5, 0.6) is 11.6 Å². The van der Waals surface area contributed by atoms with Crippen LogP contribution >= 0.6 is 0 Å². The van der Waals surface area contributed by atoms with Crippen LogP contribution in [0.1, 0.15) is 58.9 Å². The molecule has 8 nitrogen and oxygen atoms in total. The summed E-state index contributed by atoms with van der Waals surface area (Å²) < 4.78 is 19.4. The van der Waals surface area contributed by atoms with Crippen LogP contribution in [-0.2, 0) is 24.3 Å². The number of fused-ring (bicyclic) bond motifs is 2. The van der Waals surface area contributed by atoms with Crippen LogP contribution in [0.4, 0.5) is 0 Å². The third kappa shape index (κ3) is 5.81. The van der Waals surface area contributed by atoms with E-state index < -0.39 is 12.2 Å². The molecule has 0 radical (unpaired) electrons. The average molecular weight is 527 g/mol. The maximum atomic E-state index is 12.5. The first kappa shape index (κ1) is 26.4. The van der Waals surface area contributed by atoms with E-state index in [1.807, 2.05) is 57.2 Å². The minimum absolute atomic E-state index is 0.262. The van der Waals surface area contributed by atoms with E-state index >= 15 is 0 Å². The van der Waals surface area contributed by atoms with Gasteiger partial charge in [-0.2, -0.15) is 5.10 Å². The van der Waals surface area contributed by atoms with E-state index in [0.717, 1.165) is 47.6 Å². The molecule has 0 spiro atoms. The molecule has 0 saturated heterocycles. The summed E-state index contributed by atoms with van der Waals surface area (Å²) >= 11 is 0. The molecule has 0 saturated carbocycles. The minimum Gasteiger partial charge on any atom is -0.488 e. The summed E-state index contributed by atoms with van der Waals surface area (Å²) in [6.07, 6.45) is 7.65. The second kappa shape index (κ2) is 11.7. The Morgan fingerprint density at radius 2 is 2.08 bits per heavy atom. The number of para-hydroxylation sites is 1. The first-order chi connectivity index (χ1) is 18.9. The van der Waals surface area contributed by atoms with E-state index in [1.54, 1.807) is 11.6 Å². The number of nitrogens with one attached hydrogen (secondary N) is 1. The van der Waals surface area contributed by atoms with Gasteiger partial charge >= 0.3 is 5.97 Å². The van der Waals surface area contributed by atoms with Crippen molar-refractivity contribution in [2.75, 3.05) is 13.2 Å². The molecule has 0 amide bonds. The molecule has 5 rings (SSSR count). The fraction of sp³-hybridized carbons (Fsp3) is 0.323. The Morgan fingerprint density at radius 3 is 2.92 bits per heavy atom. The van der Waals surface area contributed by atoms with Crippen LogP contribution in [0.25, 0.3) is 5.70 Å². The number of aromatic nitrogens is 2. The van der Waals surface area contributed by atoms with Crippen LogP contribution in [0.3, 0.4) is 0 Å². The Bertz CT molecular complexity index is 1470.